The molecule has 0 spiro atoms. The average molecular weight is 494 g/mol. The summed E-state index contributed by atoms with van der Waals surface area (Å²) < 4.78 is 72.8. The van der Waals surface area contributed by atoms with Crippen LogP contribution in [-0.4, -0.2) is 26.1 Å². The van der Waals surface area contributed by atoms with Gasteiger partial charge in [0.25, 0.3) is 0 Å². The molecule has 12 heteroatoms. The van der Waals surface area contributed by atoms with Crippen molar-refractivity contribution in [2.45, 2.75) is 55.7 Å². The number of esters is 1. The first-order chi connectivity index (χ1) is 14.7. The molecule has 0 unspecified atom stereocenters. The molecule has 0 aliphatic rings. The van der Waals surface area contributed by atoms with Crippen molar-refractivity contribution in [2.75, 3.05) is 0 Å². The Hall–Kier alpha value is -2.40. The lowest BCUT2D eigenvalue weighted by Gasteiger charge is -2.19. The first-order valence-corrected chi connectivity index (χ1v) is 10.4. The normalized spacial score (nSPS) is 12.4. The highest BCUT2D eigenvalue weighted by atomic mass is 35.5. The molecule has 0 atom stereocenters. The van der Waals surface area contributed by atoms with Crippen molar-refractivity contribution in [2.24, 2.45) is 0 Å². The van der Waals surface area contributed by atoms with Gasteiger partial charge < -0.3 is 9.30 Å². The number of hydrogen-bond acceptors (Lipinski definition) is 5. The molecule has 2 heterocycles. The molecule has 32 heavy (non-hydrogen) atoms. The van der Waals surface area contributed by atoms with E-state index in [1.165, 1.54) is 4.57 Å². The van der Waals surface area contributed by atoms with Crippen molar-refractivity contribution in [1.29, 1.82) is 0 Å². The molecule has 2 aromatic heterocycles. The number of benzene rings is 1. The summed E-state index contributed by atoms with van der Waals surface area (Å²) in [6, 6.07) is 2.54. The van der Waals surface area contributed by atoms with E-state index in [4.69, 9.17) is 16.3 Å². The molecule has 0 saturated carbocycles. The number of aryl methyl sites for hydroxylation is 1. The fourth-order valence-corrected chi connectivity index (χ4v) is 3.89. The Labute approximate surface area is 188 Å². The number of ether oxygens (including phenoxy) is 1. The standard InChI is InChI=1S/C20H17ClF5N3O2S/c1-19(2,3)31-16(30)4-5-29-15-8-13(23)12(22)7-14(15)28-18(29)32-17-11(21)6-10(9-27-17)20(24,25)26/h6-9H,4-5H2,1-3H3. The Morgan fingerprint density at radius 1 is 1.16 bits per heavy atom. The largest absolute Gasteiger partial charge is 0.460 e. The van der Waals surface area contributed by atoms with Gasteiger partial charge in [-0.25, -0.2) is 18.7 Å². The van der Waals surface area contributed by atoms with Crippen LogP contribution in [0.25, 0.3) is 11.0 Å². The van der Waals surface area contributed by atoms with Crippen molar-refractivity contribution in [1.82, 2.24) is 14.5 Å². The fraction of sp³-hybridized carbons (Fsp3) is 0.350. The quantitative estimate of drug-likeness (QED) is 0.310. The lowest BCUT2D eigenvalue weighted by atomic mass is 10.2. The Bertz CT molecular complexity index is 1170. The number of pyridine rings is 1. The molecule has 0 fully saturated rings. The maximum Gasteiger partial charge on any atom is 0.417 e. The second kappa shape index (κ2) is 8.86. The average Bonchev–Trinajstić information content (AvgIpc) is 2.96. The van der Waals surface area contributed by atoms with Crippen LogP contribution >= 0.6 is 23.4 Å². The van der Waals surface area contributed by atoms with Crippen molar-refractivity contribution in [3.05, 3.63) is 46.6 Å². The van der Waals surface area contributed by atoms with E-state index in [0.29, 0.717) is 6.20 Å². The first-order valence-electron chi connectivity index (χ1n) is 9.22. The van der Waals surface area contributed by atoms with E-state index in [9.17, 15) is 26.7 Å². The van der Waals surface area contributed by atoms with Crippen molar-refractivity contribution >= 4 is 40.4 Å². The third-order valence-electron chi connectivity index (χ3n) is 4.04. The number of carbonyl (C=O) groups excluding carboxylic acids is 1. The molecule has 0 N–H and O–H groups in total. The minimum atomic E-state index is -4.62. The predicted molar refractivity (Wildman–Crippen MR) is 108 cm³/mol. The van der Waals surface area contributed by atoms with Gasteiger partial charge in [-0.15, -0.1) is 0 Å². The van der Waals surface area contributed by atoms with Gasteiger partial charge in [-0.1, -0.05) is 11.6 Å². The van der Waals surface area contributed by atoms with Gasteiger partial charge in [0.2, 0.25) is 0 Å². The molecule has 3 rings (SSSR count). The number of halogens is 6. The minimum absolute atomic E-state index is 0.00290. The summed E-state index contributed by atoms with van der Waals surface area (Å²) in [6.07, 6.45) is -4.10. The fourth-order valence-electron chi connectivity index (χ4n) is 2.73. The maximum absolute atomic E-state index is 13.9. The molecular weight excluding hydrogens is 477 g/mol. The van der Waals surface area contributed by atoms with E-state index in [1.54, 1.807) is 20.8 Å². The molecule has 0 radical (unpaired) electrons. The van der Waals surface area contributed by atoms with Crippen LogP contribution in [0.15, 0.2) is 34.6 Å². The number of alkyl halides is 3. The third-order valence-corrected chi connectivity index (χ3v) is 5.45. The van der Waals surface area contributed by atoms with Gasteiger partial charge in [0.1, 0.15) is 10.6 Å². The zero-order valence-electron chi connectivity index (χ0n) is 17.1. The van der Waals surface area contributed by atoms with E-state index in [0.717, 1.165) is 30.0 Å². The molecule has 172 valence electrons. The van der Waals surface area contributed by atoms with Gasteiger partial charge in [-0.3, -0.25) is 4.79 Å². The Morgan fingerprint density at radius 3 is 2.41 bits per heavy atom. The van der Waals surface area contributed by atoms with Crippen LogP contribution in [0.3, 0.4) is 0 Å². The molecule has 0 aliphatic carbocycles. The molecule has 0 aliphatic heterocycles. The lowest BCUT2D eigenvalue weighted by Crippen LogP contribution is -2.24. The number of carbonyl (C=O) groups is 1. The topological polar surface area (TPSA) is 57.0 Å². The van der Waals surface area contributed by atoms with Gasteiger partial charge >= 0.3 is 12.1 Å². The van der Waals surface area contributed by atoms with E-state index < -0.39 is 34.9 Å². The Kier molecular flexibility index (Phi) is 6.71. The van der Waals surface area contributed by atoms with Gasteiger partial charge in [-0.2, -0.15) is 13.2 Å². The molecular formula is C20H17ClF5N3O2S. The van der Waals surface area contributed by atoms with Crippen molar-refractivity contribution < 1.29 is 31.5 Å². The number of nitrogens with zero attached hydrogens (tertiary/aromatic N) is 3. The summed E-state index contributed by atoms with van der Waals surface area (Å²) in [5.41, 5.74) is -1.44. The van der Waals surface area contributed by atoms with Gasteiger partial charge in [0.05, 0.1) is 28.0 Å². The van der Waals surface area contributed by atoms with Crippen LogP contribution < -0.4 is 0 Å². The van der Waals surface area contributed by atoms with Crippen LogP contribution in [0, 0.1) is 11.6 Å². The number of fused-ring (bicyclic) bond motifs is 1. The number of hydrogen-bond donors (Lipinski definition) is 0. The number of rotatable bonds is 5. The molecule has 1 aromatic carbocycles. The van der Waals surface area contributed by atoms with Crippen LogP contribution in [0.2, 0.25) is 5.02 Å². The highest BCUT2D eigenvalue weighted by molar-refractivity contribution is 7.99. The highest BCUT2D eigenvalue weighted by Crippen LogP contribution is 2.37. The first kappa shape index (κ1) is 24.2. The predicted octanol–water partition coefficient (Wildman–Crippen LogP) is 6.26. The molecule has 0 amide bonds. The number of aromatic nitrogens is 3. The summed E-state index contributed by atoms with van der Waals surface area (Å²) >= 11 is 6.78. The smallest absolute Gasteiger partial charge is 0.417 e. The monoisotopic (exact) mass is 493 g/mol. The van der Waals surface area contributed by atoms with Crippen LogP contribution in [0.5, 0.6) is 0 Å². The Morgan fingerprint density at radius 2 is 1.81 bits per heavy atom. The van der Waals surface area contributed by atoms with Crippen LogP contribution in [0.4, 0.5) is 22.0 Å². The van der Waals surface area contributed by atoms with Crippen LogP contribution in [-0.2, 0) is 22.3 Å². The van der Waals surface area contributed by atoms with E-state index >= 15 is 0 Å². The van der Waals surface area contributed by atoms with Gasteiger partial charge in [0, 0.05) is 24.9 Å². The second-order valence-electron chi connectivity index (χ2n) is 7.75. The summed E-state index contributed by atoms with van der Waals surface area (Å²) in [4.78, 5) is 20.1. The van der Waals surface area contributed by atoms with Crippen molar-refractivity contribution in [3.63, 3.8) is 0 Å². The maximum atomic E-state index is 13.9. The third kappa shape index (κ3) is 5.69. The molecule has 0 bridgehead atoms. The highest BCUT2D eigenvalue weighted by Gasteiger charge is 2.32. The van der Waals surface area contributed by atoms with E-state index in [1.807, 2.05) is 0 Å². The summed E-state index contributed by atoms with van der Waals surface area (Å²) in [6.45, 7) is 5.11. The SMILES string of the molecule is CC(C)(C)OC(=O)CCn1c(Sc2ncc(C(F)(F)F)cc2Cl)nc2cc(F)c(F)cc21. The van der Waals surface area contributed by atoms with Crippen molar-refractivity contribution in [3.8, 4) is 0 Å². The summed E-state index contributed by atoms with van der Waals surface area (Å²) in [5, 5.41) is -0.120. The number of imidazole rings is 1. The van der Waals surface area contributed by atoms with E-state index in [2.05, 4.69) is 9.97 Å². The summed E-state index contributed by atoms with van der Waals surface area (Å²) in [5.74, 6) is -2.75. The molecule has 5 nitrogen and oxygen atoms in total. The van der Waals surface area contributed by atoms with Gasteiger partial charge in [-0.05, 0) is 38.6 Å². The molecule has 0 saturated heterocycles. The van der Waals surface area contributed by atoms with Crippen LogP contribution in [0.1, 0.15) is 32.8 Å². The van der Waals surface area contributed by atoms with E-state index in [-0.39, 0.29) is 39.2 Å². The summed E-state index contributed by atoms with van der Waals surface area (Å²) in [7, 11) is 0. The zero-order valence-corrected chi connectivity index (χ0v) is 18.6. The zero-order chi connectivity index (χ0) is 23.8. The molecule has 3 aromatic rings. The Balaban J connectivity index is 1.97. The minimum Gasteiger partial charge on any atom is -0.460 e. The van der Waals surface area contributed by atoms with Gasteiger partial charge in [0.15, 0.2) is 16.8 Å². The lowest BCUT2D eigenvalue weighted by molar-refractivity contribution is -0.155. The second-order valence-corrected chi connectivity index (χ2v) is 9.11.